The summed E-state index contributed by atoms with van der Waals surface area (Å²) in [5, 5.41) is 10.7. The Balaban J connectivity index is 2.42. The minimum Gasteiger partial charge on any atom is -0.391 e. The smallest absolute Gasteiger partial charge is 0.0775 e. The molecule has 1 N–H and O–H groups in total. The summed E-state index contributed by atoms with van der Waals surface area (Å²) in [6, 6.07) is 18.6. The Morgan fingerprint density at radius 3 is 2.15 bits per heavy atom. The standard InChI is InChI=1S/C18H23NO/c1-14-9-7-8-12-16(14)18(17(20)13-19(2)3)15-10-5-4-6-11-15/h4-12,17-18,20H,13H2,1-3H3. The van der Waals surface area contributed by atoms with Crippen molar-refractivity contribution in [1.82, 2.24) is 4.90 Å². The first-order chi connectivity index (χ1) is 9.59. The van der Waals surface area contributed by atoms with E-state index in [4.69, 9.17) is 0 Å². The SMILES string of the molecule is Cc1ccccc1C(c1ccccc1)C(O)CN(C)C. The summed E-state index contributed by atoms with van der Waals surface area (Å²) in [6.07, 6.45) is -0.423. The third-order valence-electron chi connectivity index (χ3n) is 3.62. The molecule has 0 aliphatic carbocycles. The lowest BCUT2D eigenvalue weighted by Crippen LogP contribution is -2.32. The third-order valence-corrected chi connectivity index (χ3v) is 3.62. The van der Waals surface area contributed by atoms with Crippen LogP contribution in [0.2, 0.25) is 0 Å². The van der Waals surface area contributed by atoms with Crippen LogP contribution in [0.5, 0.6) is 0 Å². The minimum atomic E-state index is -0.423. The number of hydrogen-bond donors (Lipinski definition) is 1. The molecular formula is C18H23NO. The van der Waals surface area contributed by atoms with Gasteiger partial charge in [0, 0.05) is 12.5 Å². The zero-order valence-electron chi connectivity index (χ0n) is 12.5. The Morgan fingerprint density at radius 2 is 1.55 bits per heavy atom. The molecule has 0 radical (unpaired) electrons. The van der Waals surface area contributed by atoms with E-state index < -0.39 is 6.10 Å². The molecule has 2 aromatic rings. The molecule has 2 unspecified atom stereocenters. The fraction of sp³-hybridized carbons (Fsp3) is 0.333. The van der Waals surface area contributed by atoms with Crippen molar-refractivity contribution in [3.05, 3.63) is 71.3 Å². The molecule has 0 aromatic heterocycles. The maximum absolute atomic E-state index is 10.7. The number of hydrogen-bond acceptors (Lipinski definition) is 2. The van der Waals surface area contributed by atoms with Gasteiger partial charge in [-0.2, -0.15) is 0 Å². The normalized spacial score (nSPS) is 14.2. The Morgan fingerprint density at radius 1 is 0.950 bits per heavy atom. The van der Waals surface area contributed by atoms with Gasteiger partial charge in [-0.1, -0.05) is 54.6 Å². The van der Waals surface area contributed by atoms with Crippen molar-refractivity contribution in [2.24, 2.45) is 0 Å². The van der Waals surface area contributed by atoms with E-state index in [1.165, 1.54) is 11.1 Å². The van der Waals surface area contributed by atoms with Crippen LogP contribution in [0.15, 0.2) is 54.6 Å². The average molecular weight is 269 g/mol. The van der Waals surface area contributed by atoms with E-state index in [2.05, 4.69) is 31.2 Å². The second-order valence-electron chi connectivity index (χ2n) is 5.57. The first-order valence-electron chi connectivity index (χ1n) is 7.03. The van der Waals surface area contributed by atoms with Crippen molar-refractivity contribution in [3.63, 3.8) is 0 Å². The Hall–Kier alpha value is -1.64. The summed E-state index contributed by atoms with van der Waals surface area (Å²) in [5.74, 6) is 0.0137. The van der Waals surface area contributed by atoms with Gasteiger partial charge in [-0.05, 0) is 37.7 Å². The van der Waals surface area contributed by atoms with Crippen molar-refractivity contribution in [3.8, 4) is 0 Å². The van der Waals surface area contributed by atoms with Crippen LogP contribution >= 0.6 is 0 Å². The van der Waals surface area contributed by atoms with Crippen molar-refractivity contribution in [2.45, 2.75) is 18.9 Å². The van der Waals surface area contributed by atoms with Crippen LogP contribution in [0.4, 0.5) is 0 Å². The van der Waals surface area contributed by atoms with Gasteiger partial charge in [-0.3, -0.25) is 0 Å². The largest absolute Gasteiger partial charge is 0.391 e. The van der Waals surface area contributed by atoms with Crippen LogP contribution < -0.4 is 0 Å². The highest BCUT2D eigenvalue weighted by atomic mass is 16.3. The van der Waals surface area contributed by atoms with Crippen molar-refractivity contribution in [2.75, 3.05) is 20.6 Å². The molecule has 2 nitrogen and oxygen atoms in total. The fourth-order valence-corrected chi connectivity index (χ4v) is 2.68. The van der Waals surface area contributed by atoms with Gasteiger partial charge in [0.25, 0.3) is 0 Å². The summed E-state index contributed by atoms with van der Waals surface area (Å²) < 4.78 is 0. The van der Waals surface area contributed by atoms with Gasteiger partial charge in [0.05, 0.1) is 6.10 Å². The first-order valence-corrected chi connectivity index (χ1v) is 7.03. The average Bonchev–Trinajstić information content (AvgIpc) is 2.42. The van der Waals surface area contributed by atoms with Crippen LogP contribution in [-0.4, -0.2) is 36.8 Å². The first kappa shape index (κ1) is 14.8. The highest BCUT2D eigenvalue weighted by Gasteiger charge is 2.24. The number of aliphatic hydroxyl groups is 1. The lowest BCUT2D eigenvalue weighted by molar-refractivity contribution is 0.121. The number of aryl methyl sites for hydroxylation is 1. The maximum atomic E-state index is 10.7. The van der Waals surface area contributed by atoms with E-state index in [0.717, 1.165) is 5.56 Å². The van der Waals surface area contributed by atoms with E-state index in [9.17, 15) is 5.11 Å². The Bertz CT molecular complexity index is 536. The quantitative estimate of drug-likeness (QED) is 0.902. The topological polar surface area (TPSA) is 23.5 Å². The van der Waals surface area contributed by atoms with E-state index in [-0.39, 0.29) is 5.92 Å². The number of benzene rings is 2. The minimum absolute atomic E-state index is 0.0137. The van der Waals surface area contributed by atoms with Crippen LogP contribution in [-0.2, 0) is 0 Å². The lowest BCUT2D eigenvalue weighted by atomic mass is 9.84. The molecule has 2 aromatic carbocycles. The Labute approximate surface area is 121 Å². The van der Waals surface area contributed by atoms with Gasteiger partial charge in [-0.25, -0.2) is 0 Å². The molecule has 2 rings (SSSR count). The summed E-state index contributed by atoms with van der Waals surface area (Å²) >= 11 is 0. The molecule has 0 aliphatic rings. The van der Waals surface area contributed by atoms with Crippen LogP contribution in [0, 0.1) is 6.92 Å². The van der Waals surface area contributed by atoms with Crippen LogP contribution in [0.3, 0.4) is 0 Å². The summed E-state index contributed by atoms with van der Waals surface area (Å²) in [4.78, 5) is 2.03. The lowest BCUT2D eigenvalue weighted by Gasteiger charge is -2.27. The van der Waals surface area contributed by atoms with E-state index in [1.807, 2.05) is 49.3 Å². The molecule has 2 heteroatoms. The van der Waals surface area contributed by atoms with Gasteiger partial charge in [-0.15, -0.1) is 0 Å². The van der Waals surface area contributed by atoms with Gasteiger partial charge >= 0.3 is 0 Å². The molecule has 0 bridgehead atoms. The number of aliphatic hydroxyl groups excluding tert-OH is 1. The molecule has 0 fully saturated rings. The molecule has 0 saturated carbocycles. The second-order valence-corrected chi connectivity index (χ2v) is 5.57. The molecule has 0 heterocycles. The van der Waals surface area contributed by atoms with Gasteiger partial charge < -0.3 is 10.0 Å². The van der Waals surface area contributed by atoms with E-state index in [1.54, 1.807) is 0 Å². The van der Waals surface area contributed by atoms with Crippen molar-refractivity contribution < 1.29 is 5.11 Å². The summed E-state index contributed by atoms with van der Waals surface area (Å²) in [7, 11) is 3.98. The zero-order valence-corrected chi connectivity index (χ0v) is 12.5. The maximum Gasteiger partial charge on any atom is 0.0775 e. The molecule has 20 heavy (non-hydrogen) atoms. The Kier molecular flexibility index (Phi) is 4.94. The molecular weight excluding hydrogens is 246 g/mol. The van der Waals surface area contributed by atoms with Crippen molar-refractivity contribution in [1.29, 1.82) is 0 Å². The molecule has 0 spiro atoms. The number of rotatable bonds is 5. The molecule has 0 aliphatic heterocycles. The van der Waals surface area contributed by atoms with Crippen LogP contribution in [0.1, 0.15) is 22.6 Å². The van der Waals surface area contributed by atoms with Gasteiger partial charge in [0.15, 0.2) is 0 Å². The molecule has 2 atom stereocenters. The number of likely N-dealkylation sites (N-methyl/N-ethyl adjacent to an activating group) is 1. The van der Waals surface area contributed by atoms with E-state index in [0.29, 0.717) is 6.54 Å². The van der Waals surface area contributed by atoms with Gasteiger partial charge in [0.2, 0.25) is 0 Å². The summed E-state index contributed by atoms with van der Waals surface area (Å²) in [5.41, 5.74) is 3.59. The molecule has 0 amide bonds. The van der Waals surface area contributed by atoms with Crippen LogP contribution in [0.25, 0.3) is 0 Å². The molecule has 0 saturated heterocycles. The predicted octanol–water partition coefficient (Wildman–Crippen LogP) is 3.05. The van der Waals surface area contributed by atoms with Crippen molar-refractivity contribution >= 4 is 0 Å². The number of nitrogens with zero attached hydrogens (tertiary/aromatic N) is 1. The zero-order chi connectivity index (χ0) is 14.5. The highest BCUT2D eigenvalue weighted by molar-refractivity contribution is 5.38. The fourth-order valence-electron chi connectivity index (χ4n) is 2.68. The monoisotopic (exact) mass is 269 g/mol. The second kappa shape index (κ2) is 6.69. The highest BCUT2D eigenvalue weighted by Crippen LogP contribution is 2.30. The summed E-state index contributed by atoms with van der Waals surface area (Å²) in [6.45, 7) is 2.75. The van der Waals surface area contributed by atoms with E-state index >= 15 is 0 Å². The van der Waals surface area contributed by atoms with Gasteiger partial charge in [0.1, 0.15) is 0 Å². The third kappa shape index (κ3) is 3.47. The predicted molar refractivity (Wildman–Crippen MR) is 84.0 cm³/mol. The molecule has 106 valence electrons.